The van der Waals surface area contributed by atoms with Crippen LogP contribution in [-0.4, -0.2) is 32.9 Å². The molecule has 0 aliphatic carbocycles. The van der Waals surface area contributed by atoms with E-state index in [2.05, 4.69) is 4.72 Å². The van der Waals surface area contributed by atoms with E-state index in [0.29, 0.717) is 16.3 Å². The molecular formula is C9H14N2O3S2. The number of hydrogen-bond donors (Lipinski definition) is 3. The zero-order valence-corrected chi connectivity index (χ0v) is 10.4. The summed E-state index contributed by atoms with van der Waals surface area (Å²) in [5.74, 6) is 0.441. The second-order valence-electron chi connectivity index (χ2n) is 2.99. The fraction of sp³-hybridized carbons (Fsp3) is 0.333. The zero-order chi connectivity index (χ0) is 12.2. The minimum atomic E-state index is -3.51. The van der Waals surface area contributed by atoms with Gasteiger partial charge in [0, 0.05) is 16.3 Å². The van der Waals surface area contributed by atoms with Gasteiger partial charge in [0.05, 0.1) is 11.5 Å². The third-order valence-electron chi connectivity index (χ3n) is 1.87. The van der Waals surface area contributed by atoms with Crippen molar-refractivity contribution in [1.82, 2.24) is 4.72 Å². The summed E-state index contributed by atoms with van der Waals surface area (Å²) in [5, 5.41) is 8.72. The molecule has 16 heavy (non-hydrogen) atoms. The van der Waals surface area contributed by atoms with Crippen LogP contribution in [-0.2, 0) is 10.0 Å². The highest BCUT2D eigenvalue weighted by molar-refractivity contribution is 8.00. The Morgan fingerprint density at radius 2 is 2.19 bits per heavy atom. The normalized spacial score (nSPS) is 11.6. The summed E-state index contributed by atoms with van der Waals surface area (Å²) >= 11 is 1.27. The Labute approximate surface area is 99.1 Å². The summed E-state index contributed by atoms with van der Waals surface area (Å²) in [6, 6.07) is 4.68. The van der Waals surface area contributed by atoms with Crippen molar-refractivity contribution in [3.8, 4) is 0 Å². The number of aliphatic hydroxyl groups is 1. The van der Waals surface area contributed by atoms with E-state index >= 15 is 0 Å². The number of rotatable bonds is 5. The molecule has 1 rings (SSSR count). The lowest BCUT2D eigenvalue weighted by Crippen LogP contribution is -2.19. The largest absolute Gasteiger partial charge is 0.399 e. The van der Waals surface area contributed by atoms with Crippen LogP contribution in [0, 0.1) is 0 Å². The van der Waals surface area contributed by atoms with Gasteiger partial charge in [0.2, 0.25) is 10.0 Å². The van der Waals surface area contributed by atoms with Gasteiger partial charge in [0.1, 0.15) is 0 Å². The van der Waals surface area contributed by atoms with E-state index in [0.717, 1.165) is 0 Å². The van der Waals surface area contributed by atoms with E-state index < -0.39 is 10.0 Å². The van der Waals surface area contributed by atoms with E-state index in [9.17, 15) is 8.42 Å². The third kappa shape index (κ3) is 3.11. The molecule has 1 aromatic carbocycles. The van der Waals surface area contributed by atoms with E-state index in [1.54, 1.807) is 12.1 Å². The van der Waals surface area contributed by atoms with Gasteiger partial charge in [-0.2, -0.15) is 0 Å². The lowest BCUT2D eigenvalue weighted by molar-refractivity contribution is 0.322. The number of aliphatic hydroxyl groups excluding tert-OH is 1. The summed E-state index contributed by atoms with van der Waals surface area (Å²) in [4.78, 5) is 0.728. The molecule has 0 amide bonds. The number of benzene rings is 1. The number of nitrogen functional groups attached to an aromatic ring is 1. The van der Waals surface area contributed by atoms with Crippen LogP contribution < -0.4 is 10.5 Å². The van der Waals surface area contributed by atoms with E-state index in [-0.39, 0.29) is 11.5 Å². The van der Waals surface area contributed by atoms with Gasteiger partial charge >= 0.3 is 0 Å². The molecule has 0 atom stereocenters. The highest BCUT2D eigenvalue weighted by Gasteiger charge is 2.17. The minimum absolute atomic E-state index is 0.00587. The first-order valence-corrected chi connectivity index (χ1v) is 7.05. The maximum absolute atomic E-state index is 11.7. The first-order chi connectivity index (χ1) is 7.51. The van der Waals surface area contributed by atoms with Gasteiger partial charge in [-0.25, -0.2) is 13.1 Å². The molecule has 0 saturated heterocycles. The average molecular weight is 262 g/mol. The number of anilines is 1. The molecule has 4 N–H and O–H groups in total. The first kappa shape index (κ1) is 13.3. The number of thioether (sulfide) groups is 1. The van der Waals surface area contributed by atoms with Crippen molar-refractivity contribution in [1.29, 1.82) is 0 Å². The van der Waals surface area contributed by atoms with Crippen LogP contribution >= 0.6 is 11.8 Å². The molecule has 0 saturated carbocycles. The standard InChI is InChI=1S/C9H14N2O3S2/c1-11-16(13,14)9-6-7(10)2-3-8(9)15-5-4-12/h2-3,6,11-12H,4-5,10H2,1H3. The van der Waals surface area contributed by atoms with Crippen molar-refractivity contribution in [3.63, 3.8) is 0 Å². The molecule has 0 unspecified atom stereocenters. The monoisotopic (exact) mass is 262 g/mol. The molecule has 0 aromatic heterocycles. The second-order valence-corrected chi connectivity index (χ2v) is 5.98. The van der Waals surface area contributed by atoms with Crippen LogP contribution in [0.4, 0.5) is 5.69 Å². The molecular weight excluding hydrogens is 248 g/mol. The Morgan fingerprint density at radius 3 is 2.75 bits per heavy atom. The van der Waals surface area contributed by atoms with Gasteiger partial charge in [0.15, 0.2) is 0 Å². The molecule has 0 heterocycles. The van der Waals surface area contributed by atoms with Gasteiger partial charge in [-0.15, -0.1) is 11.8 Å². The number of sulfonamides is 1. The Kier molecular flexibility index (Phi) is 4.60. The smallest absolute Gasteiger partial charge is 0.241 e. The van der Waals surface area contributed by atoms with Crippen molar-refractivity contribution in [3.05, 3.63) is 18.2 Å². The summed E-state index contributed by atoms with van der Waals surface area (Å²) < 4.78 is 25.6. The van der Waals surface area contributed by atoms with Gasteiger partial charge in [-0.1, -0.05) is 0 Å². The SMILES string of the molecule is CNS(=O)(=O)c1cc(N)ccc1SCCO. The lowest BCUT2D eigenvalue weighted by atomic mass is 10.3. The minimum Gasteiger partial charge on any atom is -0.399 e. The van der Waals surface area contributed by atoms with Crippen LogP contribution in [0.5, 0.6) is 0 Å². The summed E-state index contributed by atoms with van der Waals surface area (Å²) in [5.41, 5.74) is 5.95. The third-order valence-corrected chi connectivity index (χ3v) is 4.51. The van der Waals surface area contributed by atoms with Crippen molar-refractivity contribution >= 4 is 27.5 Å². The van der Waals surface area contributed by atoms with Crippen LogP contribution in [0.25, 0.3) is 0 Å². The van der Waals surface area contributed by atoms with Gasteiger partial charge in [-0.3, -0.25) is 0 Å². The second kappa shape index (κ2) is 5.53. The summed E-state index contributed by atoms with van der Waals surface area (Å²) in [6.07, 6.45) is 0. The maximum Gasteiger partial charge on any atom is 0.241 e. The highest BCUT2D eigenvalue weighted by atomic mass is 32.2. The Balaban J connectivity index is 3.18. The molecule has 5 nitrogen and oxygen atoms in total. The molecule has 1 aromatic rings. The molecule has 90 valence electrons. The van der Waals surface area contributed by atoms with Crippen LogP contribution in [0.3, 0.4) is 0 Å². The Hall–Kier alpha value is -0.760. The molecule has 0 aliphatic rings. The molecule has 0 radical (unpaired) electrons. The molecule has 0 aliphatic heterocycles. The van der Waals surface area contributed by atoms with Crippen molar-refractivity contribution in [2.45, 2.75) is 9.79 Å². The molecule has 0 fully saturated rings. The number of nitrogens with one attached hydrogen (secondary N) is 1. The van der Waals surface area contributed by atoms with Crippen molar-refractivity contribution in [2.75, 3.05) is 25.1 Å². The predicted molar refractivity (Wildman–Crippen MR) is 64.9 cm³/mol. The van der Waals surface area contributed by atoms with E-state index in [1.807, 2.05) is 0 Å². The Morgan fingerprint density at radius 1 is 1.50 bits per heavy atom. The van der Waals surface area contributed by atoms with Crippen LogP contribution in [0.1, 0.15) is 0 Å². The van der Waals surface area contributed by atoms with Crippen molar-refractivity contribution < 1.29 is 13.5 Å². The zero-order valence-electron chi connectivity index (χ0n) is 8.80. The first-order valence-electron chi connectivity index (χ1n) is 4.58. The van der Waals surface area contributed by atoms with Gasteiger partial charge in [-0.05, 0) is 25.2 Å². The van der Waals surface area contributed by atoms with Crippen LogP contribution in [0.2, 0.25) is 0 Å². The van der Waals surface area contributed by atoms with Crippen molar-refractivity contribution in [2.24, 2.45) is 0 Å². The van der Waals surface area contributed by atoms with E-state index in [4.69, 9.17) is 10.8 Å². The number of nitrogens with two attached hydrogens (primary N) is 1. The van der Waals surface area contributed by atoms with E-state index in [1.165, 1.54) is 24.9 Å². The average Bonchev–Trinajstić information content (AvgIpc) is 2.27. The van der Waals surface area contributed by atoms with Gasteiger partial charge in [0.25, 0.3) is 0 Å². The van der Waals surface area contributed by atoms with Gasteiger partial charge < -0.3 is 10.8 Å². The quantitative estimate of drug-likeness (QED) is 0.523. The highest BCUT2D eigenvalue weighted by Crippen LogP contribution is 2.27. The maximum atomic E-state index is 11.7. The molecule has 7 heteroatoms. The fourth-order valence-electron chi connectivity index (χ4n) is 1.12. The summed E-state index contributed by atoms with van der Waals surface area (Å²) in [6.45, 7) is -0.00587. The Bertz CT molecular complexity index is 460. The van der Waals surface area contributed by atoms with Crippen LogP contribution in [0.15, 0.2) is 28.0 Å². The summed E-state index contributed by atoms with van der Waals surface area (Å²) in [7, 11) is -2.17. The molecule has 0 bridgehead atoms. The number of hydrogen-bond acceptors (Lipinski definition) is 5. The fourth-order valence-corrected chi connectivity index (χ4v) is 3.15. The predicted octanol–water partition coefficient (Wildman–Crippen LogP) is 0.261. The molecule has 0 spiro atoms. The lowest BCUT2D eigenvalue weighted by Gasteiger charge is -2.09. The topological polar surface area (TPSA) is 92.4 Å².